The standard InChI is InChI=1S/C21H16F3N5O2S/c1-2-11-28-18(31)13-7-3-6-10-16(13)29-19(28)26-27-20(29)32-12-17(30)25-15-9-5-4-8-14(15)21(22,23)24/h2-10H,1,11-12H2,(H,25,30). The second-order valence-corrected chi connectivity index (χ2v) is 7.66. The number of fused-ring (bicyclic) bond motifs is 3. The van der Waals surface area contributed by atoms with Crippen LogP contribution in [0.25, 0.3) is 16.7 Å². The number of benzene rings is 2. The van der Waals surface area contributed by atoms with Crippen LogP contribution in [0, 0.1) is 0 Å². The number of nitrogens with one attached hydrogen (secondary N) is 1. The molecule has 2 aromatic carbocycles. The lowest BCUT2D eigenvalue weighted by atomic mass is 10.1. The van der Waals surface area contributed by atoms with Crippen LogP contribution < -0.4 is 10.9 Å². The lowest BCUT2D eigenvalue weighted by Crippen LogP contribution is -2.23. The molecular weight excluding hydrogens is 443 g/mol. The Hall–Kier alpha value is -3.60. The second-order valence-electron chi connectivity index (χ2n) is 6.72. The predicted octanol–water partition coefficient (Wildman–Crippen LogP) is 3.98. The average molecular weight is 459 g/mol. The third kappa shape index (κ3) is 3.98. The molecule has 0 radical (unpaired) electrons. The Kier molecular flexibility index (Phi) is 5.74. The molecule has 0 aliphatic rings. The lowest BCUT2D eigenvalue weighted by Gasteiger charge is -2.13. The van der Waals surface area contributed by atoms with Gasteiger partial charge in [-0.2, -0.15) is 13.2 Å². The molecule has 0 atom stereocenters. The van der Waals surface area contributed by atoms with Gasteiger partial charge in [-0.1, -0.05) is 42.1 Å². The maximum Gasteiger partial charge on any atom is 0.418 e. The quantitative estimate of drug-likeness (QED) is 0.349. The first kappa shape index (κ1) is 21.6. The lowest BCUT2D eigenvalue weighted by molar-refractivity contribution is -0.137. The molecule has 0 unspecified atom stereocenters. The van der Waals surface area contributed by atoms with Gasteiger partial charge >= 0.3 is 6.18 Å². The minimum atomic E-state index is -4.59. The number of aromatic nitrogens is 4. The highest BCUT2D eigenvalue weighted by atomic mass is 32.2. The molecule has 0 aliphatic heterocycles. The SMILES string of the molecule is C=CCn1c(=O)c2ccccc2n2c(SCC(=O)Nc3ccccc3C(F)(F)F)nnc12. The zero-order valence-electron chi connectivity index (χ0n) is 16.5. The minimum absolute atomic E-state index is 0.206. The minimum Gasteiger partial charge on any atom is -0.325 e. The number of alkyl halides is 3. The normalized spacial score (nSPS) is 11.7. The molecular formula is C21H16F3N5O2S. The average Bonchev–Trinajstić information content (AvgIpc) is 3.19. The number of thioether (sulfide) groups is 1. The first-order chi connectivity index (χ1) is 15.3. The first-order valence-electron chi connectivity index (χ1n) is 9.37. The Bertz CT molecular complexity index is 1390. The van der Waals surface area contributed by atoms with E-state index in [0.717, 1.165) is 17.8 Å². The molecule has 0 fully saturated rings. The predicted molar refractivity (Wildman–Crippen MR) is 116 cm³/mol. The second kappa shape index (κ2) is 8.50. The molecule has 164 valence electrons. The van der Waals surface area contributed by atoms with E-state index in [0.29, 0.717) is 16.1 Å². The van der Waals surface area contributed by atoms with Crippen molar-refractivity contribution in [2.24, 2.45) is 0 Å². The Labute approximate surface area is 183 Å². The van der Waals surface area contributed by atoms with E-state index in [2.05, 4.69) is 22.1 Å². The van der Waals surface area contributed by atoms with Crippen LogP contribution in [0.4, 0.5) is 18.9 Å². The summed E-state index contributed by atoms with van der Waals surface area (Å²) in [4.78, 5) is 25.2. The van der Waals surface area contributed by atoms with Crippen molar-refractivity contribution in [1.29, 1.82) is 0 Å². The Morgan fingerprint density at radius 1 is 1.12 bits per heavy atom. The molecule has 2 heterocycles. The van der Waals surface area contributed by atoms with Crippen molar-refractivity contribution < 1.29 is 18.0 Å². The summed E-state index contributed by atoms with van der Waals surface area (Å²) in [6, 6.07) is 11.7. The highest BCUT2D eigenvalue weighted by Gasteiger charge is 2.33. The maximum atomic E-state index is 13.2. The Morgan fingerprint density at radius 2 is 1.84 bits per heavy atom. The van der Waals surface area contributed by atoms with Gasteiger partial charge in [-0.15, -0.1) is 16.8 Å². The number of carbonyl (C=O) groups is 1. The highest BCUT2D eigenvalue weighted by Crippen LogP contribution is 2.34. The molecule has 0 aliphatic carbocycles. The van der Waals surface area contributed by atoms with E-state index < -0.39 is 17.6 Å². The molecule has 1 amide bonds. The van der Waals surface area contributed by atoms with Crippen molar-refractivity contribution >= 4 is 40.0 Å². The zero-order valence-corrected chi connectivity index (χ0v) is 17.3. The van der Waals surface area contributed by atoms with Crippen LogP contribution in [0.5, 0.6) is 0 Å². The van der Waals surface area contributed by atoms with Gasteiger partial charge in [0.05, 0.1) is 27.9 Å². The fourth-order valence-electron chi connectivity index (χ4n) is 3.28. The summed E-state index contributed by atoms with van der Waals surface area (Å²) in [5.41, 5.74) is -0.936. The van der Waals surface area contributed by atoms with Crippen LogP contribution in [0.1, 0.15) is 5.56 Å². The van der Waals surface area contributed by atoms with Crippen molar-refractivity contribution in [2.75, 3.05) is 11.1 Å². The molecule has 7 nitrogen and oxygen atoms in total. The van der Waals surface area contributed by atoms with Crippen LogP contribution >= 0.6 is 11.8 Å². The zero-order chi connectivity index (χ0) is 22.9. The number of rotatable bonds is 6. The van der Waals surface area contributed by atoms with Gasteiger partial charge in [-0.05, 0) is 24.3 Å². The molecule has 11 heteroatoms. The van der Waals surface area contributed by atoms with E-state index in [1.54, 1.807) is 34.7 Å². The molecule has 0 saturated heterocycles. The van der Waals surface area contributed by atoms with E-state index in [9.17, 15) is 22.8 Å². The van der Waals surface area contributed by atoms with E-state index in [1.807, 2.05) is 0 Å². The van der Waals surface area contributed by atoms with Gasteiger partial charge in [0.15, 0.2) is 5.16 Å². The first-order valence-corrected chi connectivity index (χ1v) is 10.4. The Balaban J connectivity index is 1.65. The van der Waals surface area contributed by atoms with Crippen molar-refractivity contribution in [3.05, 3.63) is 77.1 Å². The topological polar surface area (TPSA) is 81.3 Å². The van der Waals surface area contributed by atoms with E-state index in [1.165, 1.54) is 22.8 Å². The van der Waals surface area contributed by atoms with Gasteiger partial charge in [0, 0.05) is 6.54 Å². The van der Waals surface area contributed by atoms with Crippen molar-refractivity contribution in [2.45, 2.75) is 17.9 Å². The monoisotopic (exact) mass is 459 g/mol. The highest BCUT2D eigenvalue weighted by molar-refractivity contribution is 7.99. The van der Waals surface area contributed by atoms with Crippen molar-refractivity contribution in [1.82, 2.24) is 19.2 Å². The van der Waals surface area contributed by atoms with Gasteiger partial charge in [-0.25, -0.2) is 0 Å². The van der Waals surface area contributed by atoms with Gasteiger partial charge in [0.25, 0.3) is 5.56 Å². The molecule has 32 heavy (non-hydrogen) atoms. The van der Waals surface area contributed by atoms with Gasteiger partial charge < -0.3 is 5.32 Å². The summed E-state index contributed by atoms with van der Waals surface area (Å²) in [5, 5.41) is 11.2. The number of nitrogens with zero attached hydrogens (tertiary/aromatic N) is 4. The number of hydrogen-bond donors (Lipinski definition) is 1. The van der Waals surface area contributed by atoms with Crippen LogP contribution in [-0.4, -0.2) is 30.8 Å². The van der Waals surface area contributed by atoms with Crippen LogP contribution in [0.3, 0.4) is 0 Å². The van der Waals surface area contributed by atoms with E-state index >= 15 is 0 Å². The molecule has 0 bridgehead atoms. The molecule has 0 saturated carbocycles. The number of anilines is 1. The summed E-state index contributed by atoms with van der Waals surface area (Å²) in [6.07, 6.45) is -3.03. The van der Waals surface area contributed by atoms with Crippen LogP contribution in [-0.2, 0) is 17.5 Å². The number of para-hydroxylation sites is 2. The van der Waals surface area contributed by atoms with Crippen molar-refractivity contribution in [3.8, 4) is 0 Å². The summed E-state index contributed by atoms with van der Waals surface area (Å²) in [7, 11) is 0. The third-order valence-electron chi connectivity index (χ3n) is 4.63. The fourth-order valence-corrected chi connectivity index (χ4v) is 4.02. The van der Waals surface area contributed by atoms with Crippen LogP contribution in [0.2, 0.25) is 0 Å². The van der Waals surface area contributed by atoms with Crippen LogP contribution in [0.15, 0.2) is 71.1 Å². The van der Waals surface area contributed by atoms with Gasteiger partial charge in [0.1, 0.15) is 0 Å². The molecule has 4 rings (SSSR count). The smallest absolute Gasteiger partial charge is 0.325 e. The number of amides is 1. The summed E-state index contributed by atoms with van der Waals surface area (Å²) < 4.78 is 42.5. The van der Waals surface area contributed by atoms with E-state index in [4.69, 9.17) is 0 Å². The maximum absolute atomic E-state index is 13.2. The third-order valence-corrected chi connectivity index (χ3v) is 5.56. The summed E-state index contributed by atoms with van der Waals surface area (Å²) >= 11 is 1.000. The number of carbonyl (C=O) groups excluding carboxylic acids is 1. The molecule has 2 aromatic heterocycles. The Morgan fingerprint density at radius 3 is 2.59 bits per heavy atom. The molecule has 0 spiro atoms. The fraction of sp³-hybridized carbons (Fsp3) is 0.143. The van der Waals surface area contributed by atoms with E-state index in [-0.39, 0.29) is 29.3 Å². The number of halogens is 3. The van der Waals surface area contributed by atoms with Crippen molar-refractivity contribution in [3.63, 3.8) is 0 Å². The number of hydrogen-bond acceptors (Lipinski definition) is 5. The molecule has 1 N–H and O–H groups in total. The largest absolute Gasteiger partial charge is 0.418 e. The summed E-state index contributed by atoms with van der Waals surface area (Å²) in [5.74, 6) is -0.562. The molecule has 4 aromatic rings. The van der Waals surface area contributed by atoms with Gasteiger partial charge in [0.2, 0.25) is 11.7 Å². The van der Waals surface area contributed by atoms with Gasteiger partial charge in [-0.3, -0.25) is 18.6 Å². The summed E-state index contributed by atoms with van der Waals surface area (Å²) in [6.45, 7) is 3.87. The number of allylic oxidation sites excluding steroid dienone is 1.